The number of nitrogens with one attached hydrogen (secondary N) is 1. The number of hydrogen-bond donors (Lipinski definition) is 1. The molecule has 0 bridgehead atoms. The Kier molecular flexibility index (Phi) is 3.24. The predicted octanol–water partition coefficient (Wildman–Crippen LogP) is 2.47. The Bertz CT molecular complexity index is 625. The van der Waals surface area contributed by atoms with Crippen LogP contribution in [0.5, 0.6) is 0 Å². The predicted molar refractivity (Wildman–Crippen MR) is 75.2 cm³/mol. The van der Waals surface area contributed by atoms with E-state index >= 15 is 0 Å². The Hall–Kier alpha value is -1.46. The third kappa shape index (κ3) is 2.35. The van der Waals surface area contributed by atoms with E-state index in [9.17, 15) is 9.18 Å². The Morgan fingerprint density at radius 2 is 2.32 bits per heavy atom. The van der Waals surface area contributed by atoms with Gasteiger partial charge < -0.3 is 10.2 Å². The number of amides is 1. The number of piperazine rings is 1. The van der Waals surface area contributed by atoms with E-state index < -0.39 is 0 Å². The molecule has 0 aliphatic carbocycles. The van der Waals surface area contributed by atoms with Gasteiger partial charge in [-0.25, -0.2) is 4.39 Å². The van der Waals surface area contributed by atoms with Gasteiger partial charge in [-0.1, -0.05) is 6.07 Å². The molecule has 1 aromatic carbocycles. The van der Waals surface area contributed by atoms with Gasteiger partial charge in [-0.2, -0.15) is 0 Å². The molecule has 19 heavy (non-hydrogen) atoms. The minimum atomic E-state index is -0.260. The van der Waals surface area contributed by atoms with Gasteiger partial charge in [0.2, 0.25) is 0 Å². The van der Waals surface area contributed by atoms with Crippen LogP contribution in [0.4, 0.5) is 4.39 Å². The SMILES string of the molecule is C[C@H]1CNCCN1C(=O)c1cc2ccc(F)cc2s1. The van der Waals surface area contributed by atoms with E-state index in [1.54, 1.807) is 6.07 Å². The second kappa shape index (κ2) is 4.90. The Balaban J connectivity index is 1.92. The molecule has 1 fully saturated rings. The number of hydrogen-bond acceptors (Lipinski definition) is 3. The molecule has 0 unspecified atom stereocenters. The largest absolute Gasteiger partial charge is 0.333 e. The standard InChI is InChI=1S/C14H15FN2OS/c1-9-8-16-4-5-17(9)14(18)13-6-10-2-3-11(15)7-12(10)19-13/h2-3,6-7,9,16H,4-5,8H2,1H3/t9-/m0/s1. The minimum absolute atomic E-state index is 0.0515. The molecule has 2 aromatic rings. The summed E-state index contributed by atoms with van der Waals surface area (Å²) in [5, 5.41) is 4.19. The molecule has 1 atom stereocenters. The van der Waals surface area contributed by atoms with Crippen molar-refractivity contribution in [3.63, 3.8) is 0 Å². The fourth-order valence-electron chi connectivity index (χ4n) is 2.39. The number of thiophene rings is 1. The third-order valence-corrected chi connectivity index (χ3v) is 4.54. The van der Waals surface area contributed by atoms with Crippen molar-refractivity contribution >= 4 is 27.3 Å². The van der Waals surface area contributed by atoms with E-state index in [-0.39, 0.29) is 17.8 Å². The first kappa shape index (κ1) is 12.6. The van der Waals surface area contributed by atoms with Gasteiger partial charge in [0, 0.05) is 30.4 Å². The van der Waals surface area contributed by atoms with Gasteiger partial charge in [-0.15, -0.1) is 11.3 Å². The Morgan fingerprint density at radius 1 is 1.47 bits per heavy atom. The van der Waals surface area contributed by atoms with Crippen LogP contribution in [-0.4, -0.2) is 36.5 Å². The summed E-state index contributed by atoms with van der Waals surface area (Å²) in [6.45, 7) is 4.42. The van der Waals surface area contributed by atoms with E-state index in [0.717, 1.165) is 29.7 Å². The van der Waals surface area contributed by atoms with Gasteiger partial charge >= 0.3 is 0 Å². The van der Waals surface area contributed by atoms with Crippen LogP contribution in [0.3, 0.4) is 0 Å². The van der Waals surface area contributed by atoms with Crippen molar-refractivity contribution in [2.24, 2.45) is 0 Å². The molecule has 100 valence electrons. The molecule has 1 N–H and O–H groups in total. The van der Waals surface area contributed by atoms with Gasteiger partial charge in [-0.3, -0.25) is 4.79 Å². The fourth-order valence-corrected chi connectivity index (χ4v) is 3.44. The van der Waals surface area contributed by atoms with E-state index in [1.807, 2.05) is 17.9 Å². The molecular weight excluding hydrogens is 263 g/mol. The lowest BCUT2D eigenvalue weighted by molar-refractivity contribution is 0.0661. The first-order valence-corrected chi connectivity index (χ1v) is 7.17. The highest BCUT2D eigenvalue weighted by atomic mass is 32.1. The summed E-state index contributed by atoms with van der Waals surface area (Å²) in [6.07, 6.45) is 0. The normalized spacial score (nSPS) is 19.9. The van der Waals surface area contributed by atoms with Crippen molar-refractivity contribution < 1.29 is 9.18 Å². The summed E-state index contributed by atoms with van der Waals surface area (Å²) in [6, 6.07) is 6.69. The molecule has 1 amide bonds. The van der Waals surface area contributed by atoms with Crippen LogP contribution in [0.1, 0.15) is 16.6 Å². The van der Waals surface area contributed by atoms with Gasteiger partial charge in [0.25, 0.3) is 5.91 Å². The number of carbonyl (C=O) groups excluding carboxylic acids is 1. The van der Waals surface area contributed by atoms with Crippen LogP contribution in [0.25, 0.3) is 10.1 Å². The second-order valence-electron chi connectivity index (χ2n) is 4.84. The molecule has 2 heterocycles. The highest BCUT2D eigenvalue weighted by Gasteiger charge is 2.25. The first-order chi connectivity index (χ1) is 9.15. The molecule has 1 saturated heterocycles. The molecule has 1 aliphatic rings. The van der Waals surface area contributed by atoms with Crippen LogP contribution in [0, 0.1) is 5.82 Å². The monoisotopic (exact) mass is 278 g/mol. The number of carbonyl (C=O) groups is 1. The zero-order valence-corrected chi connectivity index (χ0v) is 11.5. The molecule has 0 spiro atoms. The van der Waals surface area contributed by atoms with E-state index in [0.29, 0.717) is 4.88 Å². The molecule has 0 saturated carbocycles. The summed E-state index contributed by atoms with van der Waals surface area (Å²) in [5.74, 6) is -0.209. The zero-order valence-electron chi connectivity index (χ0n) is 10.6. The highest BCUT2D eigenvalue weighted by Crippen LogP contribution is 2.27. The topological polar surface area (TPSA) is 32.3 Å². The maximum Gasteiger partial charge on any atom is 0.264 e. The maximum absolute atomic E-state index is 13.2. The van der Waals surface area contributed by atoms with Gasteiger partial charge in [0.15, 0.2) is 0 Å². The van der Waals surface area contributed by atoms with E-state index in [1.165, 1.54) is 23.5 Å². The van der Waals surface area contributed by atoms with Crippen molar-refractivity contribution in [1.82, 2.24) is 10.2 Å². The maximum atomic E-state index is 13.2. The smallest absolute Gasteiger partial charge is 0.264 e. The fraction of sp³-hybridized carbons (Fsp3) is 0.357. The Morgan fingerprint density at radius 3 is 3.11 bits per heavy atom. The summed E-state index contributed by atoms with van der Waals surface area (Å²) in [4.78, 5) is 15.1. The van der Waals surface area contributed by atoms with Crippen LogP contribution in [-0.2, 0) is 0 Å². The van der Waals surface area contributed by atoms with Crippen LogP contribution in [0.15, 0.2) is 24.3 Å². The average Bonchev–Trinajstić information content (AvgIpc) is 2.81. The molecule has 3 nitrogen and oxygen atoms in total. The second-order valence-corrected chi connectivity index (χ2v) is 5.93. The molecular formula is C14H15FN2OS. The summed E-state index contributed by atoms with van der Waals surface area (Å²) in [7, 11) is 0. The lowest BCUT2D eigenvalue weighted by atomic mass is 10.2. The molecule has 1 aromatic heterocycles. The Labute approximate surface area is 115 Å². The quantitative estimate of drug-likeness (QED) is 0.869. The number of halogens is 1. The summed E-state index contributed by atoms with van der Waals surface area (Å²) in [5.41, 5.74) is 0. The number of rotatable bonds is 1. The molecule has 5 heteroatoms. The third-order valence-electron chi connectivity index (χ3n) is 3.46. The van der Waals surface area contributed by atoms with Gasteiger partial charge in [-0.05, 0) is 30.5 Å². The van der Waals surface area contributed by atoms with Crippen molar-refractivity contribution in [2.45, 2.75) is 13.0 Å². The first-order valence-electron chi connectivity index (χ1n) is 6.36. The van der Waals surface area contributed by atoms with Gasteiger partial charge in [0.05, 0.1) is 4.88 Å². The molecule has 0 radical (unpaired) electrons. The van der Waals surface area contributed by atoms with E-state index in [2.05, 4.69) is 5.32 Å². The number of benzene rings is 1. The van der Waals surface area contributed by atoms with Crippen molar-refractivity contribution in [3.05, 3.63) is 35.0 Å². The molecule has 1 aliphatic heterocycles. The van der Waals surface area contributed by atoms with Crippen LogP contribution < -0.4 is 5.32 Å². The highest BCUT2D eigenvalue weighted by molar-refractivity contribution is 7.20. The average molecular weight is 278 g/mol. The zero-order chi connectivity index (χ0) is 13.4. The lowest BCUT2D eigenvalue weighted by Gasteiger charge is -2.33. The van der Waals surface area contributed by atoms with Gasteiger partial charge in [0.1, 0.15) is 5.82 Å². The molecule has 3 rings (SSSR count). The van der Waals surface area contributed by atoms with Crippen molar-refractivity contribution in [1.29, 1.82) is 0 Å². The number of fused-ring (bicyclic) bond motifs is 1. The minimum Gasteiger partial charge on any atom is -0.333 e. The summed E-state index contributed by atoms with van der Waals surface area (Å²) < 4.78 is 14.0. The van der Waals surface area contributed by atoms with Crippen molar-refractivity contribution in [2.75, 3.05) is 19.6 Å². The van der Waals surface area contributed by atoms with E-state index in [4.69, 9.17) is 0 Å². The number of nitrogens with zero attached hydrogens (tertiary/aromatic N) is 1. The lowest BCUT2D eigenvalue weighted by Crippen LogP contribution is -2.52. The summed E-state index contributed by atoms with van der Waals surface area (Å²) >= 11 is 1.36. The van der Waals surface area contributed by atoms with Crippen LogP contribution in [0.2, 0.25) is 0 Å². The van der Waals surface area contributed by atoms with Crippen LogP contribution >= 0.6 is 11.3 Å². The van der Waals surface area contributed by atoms with Crippen molar-refractivity contribution in [3.8, 4) is 0 Å².